The Hall–Kier alpha value is -3.85. The van der Waals surface area contributed by atoms with Gasteiger partial charge in [-0.2, -0.15) is 0 Å². The molecule has 0 saturated carbocycles. The summed E-state index contributed by atoms with van der Waals surface area (Å²) in [5.41, 5.74) is 3.19. The minimum Gasteiger partial charge on any atom is -0.497 e. The van der Waals surface area contributed by atoms with Crippen molar-refractivity contribution >= 4 is 29.1 Å². The third kappa shape index (κ3) is 4.66. The summed E-state index contributed by atoms with van der Waals surface area (Å²) in [5, 5.41) is 0. The summed E-state index contributed by atoms with van der Waals surface area (Å²) >= 11 is 1.27. The average molecular weight is 508 g/mol. The van der Waals surface area contributed by atoms with E-state index in [1.54, 1.807) is 44.8 Å². The number of esters is 1. The summed E-state index contributed by atoms with van der Waals surface area (Å²) in [4.78, 5) is 33.9. The number of aromatic nitrogens is 1. The molecule has 3 aromatic rings. The van der Waals surface area contributed by atoms with Crippen LogP contribution in [0.4, 0.5) is 5.69 Å². The topological polar surface area (TPSA) is 82.4 Å². The lowest BCUT2D eigenvalue weighted by Crippen LogP contribution is -2.40. The number of ether oxygens (including phenoxy) is 3. The fourth-order valence-electron chi connectivity index (χ4n) is 4.14. The van der Waals surface area contributed by atoms with Crippen molar-refractivity contribution in [2.24, 2.45) is 4.99 Å². The van der Waals surface area contributed by atoms with E-state index in [0.717, 1.165) is 16.8 Å². The van der Waals surface area contributed by atoms with Gasteiger partial charge in [0.15, 0.2) is 4.80 Å². The summed E-state index contributed by atoms with van der Waals surface area (Å²) in [6, 6.07) is 12.5. The number of anilines is 1. The molecule has 0 saturated heterocycles. The molecule has 9 heteroatoms. The van der Waals surface area contributed by atoms with Crippen molar-refractivity contribution in [2.75, 3.05) is 39.8 Å². The molecular weight excluding hydrogens is 478 g/mol. The number of carbonyl (C=O) groups excluding carboxylic acids is 1. The monoisotopic (exact) mass is 507 g/mol. The van der Waals surface area contributed by atoms with Crippen molar-refractivity contribution in [3.8, 4) is 11.5 Å². The van der Waals surface area contributed by atoms with Crippen LogP contribution in [0.5, 0.6) is 11.5 Å². The number of fused-ring (bicyclic) bond motifs is 1. The Bertz CT molecular complexity index is 1500. The average Bonchev–Trinajstić information content (AvgIpc) is 3.17. The van der Waals surface area contributed by atoms with E-state index < -0.39 is 12.0 Å². The number of thiazole rings is 1. The Balaban J connectivity index is 1.93. The summed E-state index contributed by atoms with van der Waals surface area (Å²) in [5.74, 6) is 0.757. The maximum Gasteiger partial charge on any atom is 0.338 e. The number of nitrogens with zero attached hydrogens (tertiary/aromatic N) is 3. The molecule has 0 N–H and O–H groups in total. The van der Waals surface area contributed by atoms with Gasteiger partial charge >= 0.3 is 5.97 Å². The van der Waals surface area contributed by atoms with Crippen molar-refractivity contribution in [1.82, 2.24) is 4.57 Å². The minimum atomic E-state index is -0.656. The smallest absolute Gasteiger partial charge is 0.338 e. The first-order chi connectivity index (χ1) is 17.3. The normalized spacial score (nSPS) is 15.3. The van der Waals surface area contributed by atoms with E-state index in [4.69, 9.17) is 14.2 Å². The van der Waals surface area contributed by atoms with Gasteiger partial charge in [0.1, 0.15) is 11.5 Å². The van der Waals surface area contributed by atoms with E-state index >= 15 is 0 Å². The summed E-state index contributed by atoms with van der Waals surface area (Å²) in [6.07, 6.45) is 1.78. The quantitative estimate of drug-likeness (QED) is 0.458. The first-order valence-corrected chi connectivity index (χ1v) is 12.3. The van der Waals surface area contributed by atoms with E-state index in [1.807, 2.05) is 55.4 Å². The molecule has 0 fully saturated rings. The van der Waals surface area contributed by atoms with Crippen LogP contribution in [0, 0.1) is 0 Å². The number of rotatable bonds is 7. The fourth-order valence-corrected chi connectivity index (χ4v) is 5.18. The van der Waals surface area contributed by atoms with E-state index in [0.29, 0.717) is 32.1 Å². The summed E-state index contributed by atoms with van der Waals surface area (Å²) in [7, 11) is 7.07. The molecule has 1 aliphatic rings. The second kappa shape index (κ2) is 10.4. The van der Waals surface area contributed by atoms with E-state index in [-0.39, 0.29) is 12.2 Å². The highest BCUT2D eigenvalue weighted by Gasteiger charge is 2.33. The highest BCUT2D eigenvalue weighted by molar-refractivity contribution is 7.07. The maximum atomic E-state index is 13.8. The molecule has 36 heavy (non-hydrogen) atoms. The van der Waals surface area contributed by atoms with Gasteiger partial charge in [0.2, 0.25) is 0 Å². The van der Waals surface area contributed by atoms with Crippen LogP contribution in [0.2, 0.25) is 0 Å². The van der Waals surface area contributed by atoms with Gasteiger partial charge in [-0.05, 0) is 49.8 Å². The molecule has 8 nitrogen and oxygen atoms in total. The lowest BCUT2D eigenvalue weighted by atomic mass is 9.95. The van der Waals surface area contributed by atoms with Gasteiger partial charge in [-0.1, -0.05) is 23.5 Å². The van der Waals surface area contributed by atoms with Crippen molar-refractivity contribution in [3.05, 3.63) is 84.5 Å². The van der Waals surface area contributed by atoms with Crippen molar-refractivity contribution in [2.45, 2.75) is 19.9 Å². The third-order valence-electron chi connectivity index (χ3n) is 5.97. The van der Waals surface area contributed by atoms with Crippen LogP contribution in [0.15, 0.2) is 63.5 Å². The van der Waals surface area contributed by atoms with Crippen molar-refractivity contribution in [3.63, 3.8) is 0 Å². The third-order valence-corrected chi connectivity index (χ3v) is 6.95. The number of hydrogen-bond donors (Lipinski definition) is 0. The number of benzene rings is 2. The van der Waals surface area contributed by atoms with E-state index in [9.17, 15) is 9.59 Å². The number of methoxy groups -OCH3 is 2. The molecule has 1 aromatic heterocycles. The van der Waals surface area contributed by atoms with Crippen LogP contribution in [0.1, 0.15) is 31.0 Å². The lowest BCUT2D eigenvalue weighted by molar-refractivity contribution is -0.139. The molecular formula is C27H29N3O5S. The fraction of sp³-hybridized carbons (Fsp3) is 0.296. The molecule has 0 unspecified atom stereocenters. The Morgan fingerprint density at radius 2 is 1.86 bits per heavy atom. The molecule has 2 heterocycles. The van der Waals surface area contributed by atoms with Crippen molar-refractivity contribution in [1.29, 1.82) is 0 Å². The largest absolute Gasteiger partial charge is 0.497 e. The van der Waals surface area contributed by atoms with E-state index in [1.165, 1.54) is 11.3 Å². The zero-order valence-electron chi connectivity index (χ0n) is 21.2. The van der Waals surface area contributed by atoms with Crippen LogP contribution in [-0.2, 0) is 9.53 Å². The van der Waals surface area contributed by atoms with Gasteiger partial charge < -0.3 is 19.1 Å². The Morgan fingerprint density at radius 1 is 1.14 bits per heavy atom. The zero-order chi connectivity index (χ0) is 26.0. The molecule has 0 amide bonds. The van der Waals surface area contributed by atoms with Crippen LogP contribution in [-0.4, -0.2) is 45.5 Å². The lowest BCUT2D eigenvalue weighted by Gasteiger charge is -2.25. The van der Waals surface area contributed by atoms with Gasteiger partial charge in [-0.25, -0.2) is 9.79 Å². The molecule has 0 spiro atoms. The standard InChI is InChI=1S/C27H29N3O5S/c1-7-35-26(32)23-16(2)28-27-30(24(23)17-8-11-19(12-9-17)29(3)4)25(31)22(36-27)14-18-10-13-20(33-5)15-21(18)34-6/h8-15,24H,7H2,1-6H3/t24-/m1/s1. The summed E-state index contributed by atoms with van der Waals surface area (Å²) < 4.78 is 18.2. The number of hydrogen-bond acceptors (Lipinski definition) is 8. The molecule has 2 aromatic carbocycles. The van der Waals surface area contributed by atoms with Gasteiger partial charge in [-0.3, -0.25) is 9.36 Å². The first kappa shape index (κ1) is 25.2. The number of carbonyl (C=O) groups is 1. The Kier molecular flexibility index (Phi) is 7.30. The van der Waals surface area contributed by atoms with Crippen molar-refractivity contribution < 1.29 is 19.0 Å². The second-order valence-corrected chi connectivity index (χ2v) is 9.41. The Morgan fingerprint density at radius 3 is 2.47 bits per heavy atom. The molecule has 0 bridgehead atoms. The predicted octanol–water partition coefficient (Wildman–Crippen LogP) is 2.88. The highest BCUT2D eigenvalue weighted by Crippen LogP contribution is 2.32. The zero-order valence-corrected chi connectivity index (χ0v) is 22.0. The van der Waals surface area contributed by atoms with Gasteiger partial charge in [-0.15, -0.1) is 0 Å². The summed E-state index contributed by atoms with van der Waals surface area (Å²) in [6.45, 7) is 3.76. The van der Waals surface area contributed by atoms with Crippen LogP contribution >= 0.6 is 11.3 Å². The van der Waals surface area contributed by atoms with E-state index in [2.05, 4.69) is 4.99 Å². The SMILES string of the molecule is CCOC(=O)C1=C(C)N=c2sc(=Cc3ccc(OC)cc3OC)c(=O)n2[C@@H]1c1ccc(N(C)C)cc1. The first-order valence-electron chi connectivity index (χ1n) is 11.5. The molecule has 4 rings (SSSR count). The van der Waals surface area contributed by atoms with Crippen LogP contribution < -0.4 is 29.3 Å². The molecule has 188 valence electrons. The molecule has 1 aliphatic heterocycles. The minimum absolute atomic E-state index is 0.226. The predicted molar refractivity (Wildman–Crippen MR) is 141 cm³/mol. The molecule has 0 aliphatic carbocycles. The second-order valence-electron chi connectivity index (χ2n) is 8.40. The maximum absolute atomic E-state index is 13.8. The van der Waals surface area contributed by atoms with Crippen LogP contribution in [0.3, 0.4) is 0 Å². The van der Waals surface area contributed by atoms with Crippen LogP contribution in [0.25, 0.3) is 6.08 Å². The van der Waals surface area contributed by atoms with Gasteiger partial charge in [0.05, 0.1) is 42.7 Å². The highest BCUT2D eigenvalue weighted by atomic mass is 32.1. The Labute approximate surface area is 213 Å². The van der Waals surface area contributed by atoms with Gasteiger partial charge in [0.25, 0.3) is 5.56 Å². The molecule has 0 radical (unpaired) electrons. The van der Waals surface area contributed by atoms with Gasteiger partial charge in [0, 0.05) is 31.4 Å². The molecule has 1 atom stereocenters. The number of allylic oxidation sites excluding steroid dienone is 1.